The largest absolute Gasteiger partial charge is 0.356 e. The van der Waals surface area contributed by atoms with Crippen molar-refractivity contribution in [3.05, 3.63) is 56.9 Å². The summed E-state index contributed by atoms with van der Waals surface area (Å²) in [5, 5.41) is 5.55. The van der Waals surface area contributed by atoms with Gasteiger partial charge in [0.2, 0.25) is 0 Å². The second kappa shape index (κ2) is 9.64. The van der Waals surface area contributed by atoms with Crippen molar-refractivity contribution in [3.8, 4) is 0 Å². The van der Waals surface area contributed by atoms with Gasteiger partial charge in [0.25, 0.3) is 5.56 Å². The van der Waals surface area contributed by atoms with E-state index in [0.29, 0.717) is 5.92 Å². The van der Waals surface area contributed by atoms with Gasteiger partial charge in [-0.15, -0.1) is 0 Å². The van der Waals surface area contributed by atoms with Crippen LogP contribution in [0.4, 0.5) is 0 Å². The molecule has 6 nitrogen and oxygen atoms in total. The third kappa shape index (κ3) is 4.57. The van der Waals surface area contributed by atoms with E-state index in [1.807, 2.05) is 11.5 Å². The van der Waals surface area contributed by atoms with E-state index < -0.39 is 0 Å². The summed E-state index contributed by atoms with van der Waals surface area (Å²) < 4.78 is 7.49. The van der Waals surface area contributed by atoms with Crippen molar-refractivity contribution in [2.24, 2.45) is 0 Å². The van der Waals surface area contributed by atoms with Crippen LogP contribution in [0.15, 0.2) is 27.5 Å². The second-order valence-electron chi connectivity index (χ2n) is 8.94. The molecule has 4 heterocycles. The SMILES string of the molecule is Cc1ccc2c(C3CCN(CCc4c(C)nc5n(c4=O)CCCC5)CC3)noc2c1.[Y]. The topological polar surface area (TPSA) is 64.2 Å². The smallest absolute Gasteiger partial charge is 0.256 e. The average Bonchev–Trinajstić information content (AvgIpc) is 3.17. The van der Waals surface area contributed by atoms with E-state index in [4.69, 9.17) is 9.51 Å². The zero-order valence-corrected chi connectivity index (χ0v) is 21.4. The van der Waals surface area contributed by atoms with Crippen molar-refractivity contribution >= 4 is 11.0 Å². The van der Waals surface area contributed by atoms with Crippen LogP contribution in [0, 0.1) is 13.8 Å². The van der Waals surface area contributed by atoms with E-state index in [0.717, 1.165) is 98.4 Å². The molecule has 0 saturated carbocycles. The number of piperidine rings is 1. The molecule has 0 aliphatic carbocycles. The van der Waals surface area contributed by atoms with E-state index >= 15 is 0 Å². The first-order chi connectivity index (χ1) is 14.6. The summed E-state index contributed by atoms with van der Waals surface area (Å²) in [7, 11) is 0. The molecule has 2 aliphatic rings. The van der Waals surface area contributed by atoms with Crippen LogP contribution in [0.5, 0.6) is 0 Å². The van der Waals surface area contributed by atoms with Crippen LogP contribution in [0.25, 0.3) is 11.0 Å². The maximum absolute atomic E-state index is 12.9. The Morgan fingerprint density at radius 2 is 1.94 bits per heavy atom. The molecule has 2 aromatic heterocycles. The first kappa shape index (κ1) is 22.8. The van der Waals surface area contributed by atoms with E-state index in [-0.39, 0.29) is 38.3 Å². The molecule has 5 rings (SSSR count). The molecule has 0 bridgehead atoms. The predicted molar refractivity (Wildman–Crippen MR) is 117 cm³/mol. The van der Waals surface area contributed by atoms with Crippen molar-refractivity contribution in [1.29, 1.82) is 0 Å². The summed E-state index contributed by atoms with van der Waals surface area (Å²) in [6, 6.07) is 6.34. The Bertz CT molecular complexity index is 1130. The Morgan fingerprint density at radius 3 is 2.74 bits per heavy atom. The van der Waals surface area contributed by atoms with Crippen molar-refractivity contribution in [2.75, 3.05) is 19.6 Å². The van der Waals surface area contributed by atoms with E-state index in [1.54, 1.807) is 0 Å². The first-order valence-electron chi connectivity index (χ1n) is 11.3. The van der Waals surface area contributed by atoms with Gasteiger partial charge in [0, 0.05) is 74.8 Å². The van der Waals surface area contributed by atoms with Crippen LogP contribution in [-0.2, 0) is 52.1 Å². The third-order valence-corrected chi connectivity index (χ3v) is 6.89. The number of benzene rings is 1. The van der Waals surface area contributed by atoms with E-state index in [2.05, 4.69) is 35.2 Å². The summed E-state index contributed by atoms with van der Waals surface area (Å²) in [6.07, 6.45) is 6.10. The molecule has 0 unspecified atom stereocenters. The van der Waals surface area contributed by atoms with Crippen molar-refractivity contribution in [2.45, 2.75) is 64.8 Å². The minimum absolute atomic E-state index is 0. The van der Waals surface area contributed by atoms with Gasteiger partial charge < -0.3 is 9.42 Å². The Hall–Kier alpha value is -1.37. The van der Waals surface area contributed by atoms with Crippen LogP contribution < -0.4 is 5.56 Å². The number of aryl methyl sites for hydroxylation is 3. The van der Waals surface area contributed by atoms with Gasteiger partial charge in [-0.2, -0.15) is 0 Å². The van der Waals surface area contributed by atoms with Crippen molar-refractivity contribution < 1.29 is 37.2 Å². The van der Waals surface area contributed by atoms with Gasteiger partial charge in [-0.25, -0.2) is 4.98 Å². The van der Waals surface area contributed by atoms with Gasteiger partial charge in [-0.1, -0.05) is 11.2 Å². The zero-order chi connectivity index (χ0) is 20.7. The molecule has 1 radical (unpaired) electrons. The van der Waals surface area contributed by atoms with Crippen molar-refractivity contribution in [1.82, 2.24) is 19.6 Å². The predicted octanol–water partition coefficient (Wildman–Crippen LogP) is 3.76. The molecule has 1 aromatic carbocycles. The Morgan fingerprint density at radius 1 is 1.13 bits per heavy atom. The fourth-order valence-corrected chi connectivity index (χ4v) is 5.08. The molecule has 0 spiro atoms. The number of aromatic nitrogens is 3. The van der Waals surface area contributed by atoms with Crippen LogP contribution in [0.2, 0.25) is 0 Å². The molecule has 0 atom stereocenters. The van der Waals surface area contributed by atoms with Crippen LogP contribution >= 0.6 is 0 Å². The molecule has 2 aliphatic heterocycles. The summed E-state index contributed by atoms with van der Waals surface area (Å²) in [4.78, 5) is 20.2. The third-order valence-electron chi connectivity index (χ3n) is 6.89. The first-order valence-corrected chi connectivity index (χ1v) is 11.3. The number of rotatable bonds is 4. The van der Waals surface area contributed by atoms with Crippen molar-refractivity contribution in [3.63, 3.8) is 0 Å². The number of fused-ring (bicyclic) bond motifs is 2. The van der Waals surface area contributed by atoms with Gasteiger partial charge in [0.05, 0.1) is 5.69 Å². The number of hydrogen-bond acceptors (Lipinski definition) is 5. The fraction of sp³-hybridized carbons (Fsp3) is 0.542. The van der Waals surface area contributed by atoms with Gasteiger partial charge in [0.1, 0.15) is 5.82 Å². The van der Waals surface area contributed by atoms with Gasteiger partial charge in [0.15, 0.2) is 5.58 Å². The van der Waals surface area contributed by atoms with E-state index in [9.17, 15) is 4.79 Å². The summed E-state index contributed by atoms with van der Waals surface area (Å²) in [5.41, 5.74) is 5.22. The molecule has 0 N–H and O–H groups in total. The fourth-order valence-electron chi connectivity index (χ4n) is 5.08. The Labute approximate surface area is 208 Å². The monoisotopic (exact) mass is 495 g/mol. The zero-order valence-electron chi connectivity index (χ0n) is 18.6. The molecule has 3 aromatic rings. The second-order valence-corrected chi connectivity index (χ2v) is 8.94. The van der Waals surface area contributed by atoms with Crippen LogP contribution in [-0.4, -0.2) is 39.2 Å². The van der Waals surface area contributed by atoms with Gasteiger partial charge >= 0.3 is 0 Å². The minimum Gasteiger partial charge on any atom is -0.356 e. The maximum Gasteiger partial charge on any atom is 0.256 e. The molecule has 161 valence electrons. The Balaban J connectivity index is 0.00000231. The number of likely N-dealkylation sites (tertiary alicyclic amines) is 1. The number of nitrogens with zero attached hydrogens (tertiary/aromatic N) is 4. The number of hydrogen-bond donors (Lipinski definition) is 0. The maximum atomic E-state index is 12.9. The average molecular weight is 495 g/mol. The van der Waals surface area contributed by atoms with Crippen LogP contribution in [0.1, 0.15) is 59.9 Å². The molecule has 0 amide bonds. The van der Waals surface area contributed by atoms with Gasteiger partial charge in [-0.05, 0) is 76.7 Å². The molecule has 7 heteroatoms. The quantitative estimate of drug-likeness (QED) is 0.552. The molecular weight excluding hydrogens is 465 g/mol. The summed E-state index contributed by atoms with van der Waals surface area (Å²) in [6.45, 7) is 7.88. The molecule has 31 heavy (non-hydrogen) atoms. The standard InChI is InChI=1S/C24H30N4O2.Y/c1-16-6-7-20-21(15-16)30-26-23(20)18-8-12-27(13-9-18)14-10-19-17(2)25-22-5-3-4-11-28(22)24(19)29;/h6-7,15,18H,3-5,8-14H2,1-2H3;. The van der Waals surface area contributed by atoms with E-state index in [1.165, 1.54) is 5.56 Å². The van der Waals surface area contributed by atoms with Gasteiger partial charge in [-0.3, -0.25) is 9.36 Å². The molecule has 1 saturated heterocycles. The van der Waals surface area contributed by atoms with Crippen LogP contribution in [0.3, 0.4) is 0 Å². The normalized spacial score (nSPS) is 17.5. The summed E-state index contributed by atoms with van der Waals surface area (Å²) in [5.74, 6) is 1.42. The molecular formula is C24H30N4O2Y. The Kier molecular flexibility index (Phi) is 7.09. The molecule has 1 fully saturated rings. The minimum atomic E-state index is 0. The summed E-state index contributed by atoms with van der Waals surface area (Å²) >= 11 is 0.